The Morgan fingerprint density at radius 2 is 2.00 bits per heavy atom. The highest BCUT2D eigenvalue weighted by atomic mass is 32.2. The van der Waals surface area contributed by atoms with Gasteiger partial charge in [0.1, 0.15) is 16.1 Å². The fourth-order valence-corrected chi connectivity index (χ4v) is 6.26. The van der Waals surface area contributed by atoms with E-state index in [2.05, 4.69) is 15.2 Å². The molecule has 2 fully saturated rings. The Labute approximate surface area is 161 Å². The number of likely N-dealkylation sites (tertiary alicyclic amines) is 1. The first kappa shape index (κ1) is 20.3. The van der Waals surface area contributed by atoms with Gasteiger partial charge < -0.3 is 14.7 Å². The number of amides is 1. The van der Waals surface area contributed by atoms with Crippen molar-refractivity contribution in [3.8, 4) is 0 Å². The van der Waals surface area contributed by atoms with Gasteiger partial charge in [0.2, 0.25) is 15.9 Å². The van der Waals surface area contributed by atoms with Gasteiger partial charge in [-0.3, -0.25) is 4.79 Å². The standard InChI is InChI=1S/C18H30N4O4S/c1-13-16(14(2)26-20-13)27(24,25)21-18(8-4-5-9-18)17(23)22-10-6-7-15(12-22)11-19-3/h15,19,21H,4-12H2,1-3H3. The molecule has 1 aliphatic heterocycles. The van der Waals surface area contributed by atoms with E-state index in [-0.39, 0.29) is 16.6 Å². The SMILES string of the molecule is CNCC1CCCN(C(=O)C2(NS(=O)(=O)c3c(C)noc3C)CCCC2)C1. The lowest BCUT2D eigenvalue weighted by Gasteiger charge is -2.39. The first-order valence-corrected chi connectivity index (χ1v) is 11.2. The summed E-state index contributed by atoms with van der Waals surface area (Å²) in [6, 6.07) is 0. The minimum absolute atomic E-state index is 0.0493. The quantitative estimate of drug-likeness (QED) is 0.749. The van der Waals surface area contributed by atoms with Crippen LogP contribution in [0.2, 0.25) is 0 Å². The number of aryl methyl sites for hydroxylation is 2. The fraction of sp³-hybridized carbons (Fsp3) is 0.778. The Balaban J connectivity index is 1.84. The first-order chi connectivity index (χ1) is 12.8. The summed E-state index contributed by atoms with van der Waals surface area (Å²) in [7, 11) is -1.98. The highest BCUT2D eigenvalue weighted by molar-refractivity contribution is 7.89. The van der Waals surface area contributed by atoms with Crippen LogP contribution in [-0.4, -0.2) is 56.6 Å². The number of sulfonamides is 1. The molecule has 0 aromatic carbocycles. The zero-order valence-corrected chi connectivity index (χ0v) is 17.2. The van der Waals surface area contributed by atoms with Gasteiger partial charge in [0, 0.05) is 13.1 Å². The van der Waals surface area contributed by atoms with E-state index < -0.39 is 15.6 Å². The second-order valence-corrected chi connectivity index (χ2v) is 9.48. The van der Waals surface area contributed by atoms with Crippen LogP contribution in [0.25, 0.3) is 0 Å². The topological polar surface area (TPSA) is 105 Å². The van der Waals surface area contributed by atoms with Crippen molar-refractivity contribution >= 4 is 15.9 Å². The molecule has 8 nitrogen and oxygen atoms in total. The number of nitrogens with one attached hydrogen (secondary N) is 2. The molecular formula is C18H30N4O4S. The number of carbonyl (C=O) groups is 1. The number of hydrogen-bond acceptors (Lipinski definition) is 6. The average molecular weight is 399 g/mol. The van der Waals surface area contributed by atoms with E-state index in [0.29, 0.717) is 37.5 Å². The molecule has 3 rings (SSSR count). The number of aromatic nitrogens is 1. The van der Waals surface area contributed by atoms with Crippen molar-refractivity contribution in [1.29, 1.82) is 0 Å². The summed E-state index contributed by atoms with van der Waals surface area (Å²) in [6.07, 6.45) is 4.77. The van der Waals surface area contributed by atoms with Crippen LogP contribution in [0.15, 0.2) is 9.42 Å². The second-order valence-electron chi connectivity index (χ2n) is 7.87. The fourth-order valence-electron chi connectivity index (χ4n) is 4.51. The molecule has 27 heavy (non-hydrogen) atoms. The number of rotatable bonds is 6. The monoisotopic (exact) mass is 398 g/mol. The van der Waals surface area contributed by atoms with Crippen molar-refractivity contribution in [3.05, 3.63) is 11.5 Å². The minimum Gasteiger partial charge on any atom is -0.360 e. The Kier molecular flexibility index (Phi) is 5.93. The smallest absolute Gasteiger partial charge is 0.246 e. The third-order valence-electron chi connectivity index (χ3n) is 5.73. The molecule has 1 saturated heterocycles. The largest absolute Gasteiger partial charge is 0.360 e. The third-order valence-corrected chi connectivity index (χ3v) is 7.51. The molecule has 0 radical (unpaired) electrons. The van der Waals surface area contributed by atoms with E-state index in [4.69, 9.17) is 4.52 Å². The summed E-state index contributed by atoms with van der Waals surface area (Å²) in [4.78, 5) is 15.3. The van der Waals surface area contributed by atoms with Crippen LogP contribution in [0.4, 0.5) is 0 Å². The number of hydrogen-bond donors (Lipinski definition) is 2. The maximum Gasteiger partial charge on any atom is 0.246 e. The Bertz CT molecular complexity index is 762. The van der Waals surface area contributed by atoms with Gasteiger partial charge in [-0.1, -0.05) is 18.0 Å². The third kappa shape index (κ3) is 4.05. The molecule has 1 aromatic heterocycles. The lowest BCUT2D eigenvalue weighted by Crippen LogP contribution is -2.59. The number of piperidine rings is 1. The zero-order valence-electron chi connectivity index (χ0n) is 16.4. The van der Waals surface area contributed by atoms with Crippen LogP contribution in [0.5, 0.6) is 0 Å². The summed E-state index contributed by atoms with van der Waals surface area (Å²) < 4.78 is 33.9. The van der Waals surface area contributed by atoms with Crippen LogP contribution in [-0.2, 0) is 14.8 Å². The van der Waals surface area contributed by atoms with E-state index in [0.717, 1.165) is 32.2 Å². The molecule has 2 N–H and O–H groups in total. The van der Waals surface area contributed by atoms with Gasteiger partial charge in [-0.25, -0.2) is 8.42 Å². The lowest BCUT2D eigenvalue weighted by molar-refractivity contribution is -0.139. The first-order valence-electron chi connectivity index (χ1n) is 9.70. The van der Waals surface area contributed by atoms with Crippen LogP contribution in [0.1, 0.15) is 50.0 Å². The number of nitrogens with zero attached hydrogens (tertiary/aromatic N) is 2. The zero-order chi connectivity index (χ0) is 19.7. The van der Waals surface area contributed by atoms with Crippen molar-refractivity contribution in [2.45, 2.75) is 62.8 Å². The predicted octanol–water partition coefficient (Wildman–Crippen LogP) is 1.34. The van der Waals surface area contributed by atoms with Crippen LogP contribution in [0, 0.1) is 19.8 Å². The van der Waals surface area contributed by atoms with Gasteiger partial charge >= 0.3 is 0 Å². The van der Waals surface area contributed by atoms with Gasteiger partial charge in [-0.2, -0.15) is 4.72 Å². The molecule has 152 valence electrons. The van der Waals surface area contributed by atoms with Gasteiger partial charge in [-0.15, -0.1) is 0 Å². The Morgan fingerprint density at radius 1 is 1.30 bits per heavy atom. The van der Waals surface area contributed by atoms with E-state index in [1.807, 2.05) is 11.9 Å². The van der Waals surface area contributed by atoms with Crippen molar-refractivity contribution in [2.75, 3.05) is 26.7 Å². The van der Waals surface area contributed by atoms with Crippen LogP contribution < -0.4 is 10.0 Å². The van der Waals surface area contributed by atoms with Crippen molar-refractivity contribution in [1.82, 2.24) is 20.1 Å². The normalized spacial score (nSPS) is 22.9. The maximum atomic E-state index is 13.4. The molecule has 2 heterocycles. The van der Waals surface area contributed by atoms with Gasteiger partial charge in [0.05, 0.1) is 0 Å². The van der Waals surface area contributed by atoms with Gasteiger partial charge in [0.25, 0.3) is 0 Å². The van der Waals surface area contributed by atoms with E-state index >= 15 is 0 Å². The van der Waals surface area contributed by atoms with Gasteiger partial charge in [-0.05, 0) is 59.0 Å². The van der Waals surface area contributed by atoms with Crippen molar-refractivity contribution in [2.24, 2.45) is 5.92 Å². The summed E-state index contributed by atoms with van der Waals surface area (Å²) in [5.74, 6) is 0.564. The lowest BCUT2D eigenvalue weighted by atomic mass is 9.92. The second kappa shape index (κ2) is 7.89. The molecule has 1 amide bonds. The van der Waals surface area contributed by atoms with Crippen LogP contribution in [0.3, 0.4) is 0 Å². The highest BCUT2D eigenvalue weighted by Crippen LogP contribution is 2.35. The van der Waals surface area contributed by atoms with Crippen molar-refractivity contribution < 1.29 is 17.7 Å². The predicted molar refractivity (Wildman–Crippen MR) is 101 cm³/mol. The Hall–Kier alpha value is -1.45. The van der Waals surface area contributed by atoms with E-state index in [1.54, 1.807) is 13.8 Å². The molecule has 1 atom stereocenters. The highest BCUT2D eigenvalue weighted by Gasteiger charge is 2.48. The van der Waals surface area contributed by atoms with Gasteiger partial charge in [0.15, 0.2) is 5.76 Å². The molecule has 1 aliphatic carbocycles. The molecular weight excluding hydrogens is 368 g/mol. The molecule has 9 heteroatoms. The molecule has 0 spiro atoms. The summed E-state index contributed by atoms with van der Waals surface area (Å²) in [5.41, 5.74) is -0.746. The molecule has 1 saturated carbocycles. The Morgan fingerprint density at radius 3 is 2.59 bits per heavy atom. The summed E-state index contributed by atoms with van der Waals surface area (Å²) in [6.45, 7) is 5.40. The van der Waals surface area contributed by atoms with Crippen molar-refractivity contribution in [3.63, 3.8) is 0 Å². The van der Waals surface area contributed by atoms with E-state index in [9.17, 15) is 13.2 Å². The molecule has 2 aliphatic rings. The molecule has 1 aromatic rings. The molecule has 0 bridgehead atoms. The maximum absolute atomic E-state index is 13.4. The summed E-state index contributed by atoms with van der Waals surface area (Å²) >= 11 is 0. The van der Waals surface area contributed by atoms with E-state index in [1.165, 1.54) is 0 Å². The molecule has 1 unspecified atom stereocenters. The van der Waals surface area contributed by atoms with Crippen LogP contribution >= 0.6 is 0 Å². The average Bonchev–Trinajstić information content (AvgIpc) is 3.22. The summed E-state index contributed by atoms with van der Waals surface area (Å²) in [5, 5.41) is 6.93. The minimum atomic E-state index is -3.89. The number of carbonyl (C=O) groups excluding carboxylic acids is 1.